The van der Waals surface area contributed by atoms with Crippen molar-refractivity contribution < 1.29 is 9.53 Å². The molecule has 0 bridgehead atoms. The summed E-state index contributed by atoms with van der Waals surface area (Å²) >= 11 is 0. The topological polar surface area (TPSA) is 112 Å². The summed E-state index contributed by atoms with van der Waals surface area (Å²) in [6.07, 6.45) is 12.7. The minimum atomic E-state index is -0.162. The van der Waals surface area contributed by atoms with Gasteiger partial charge in [0.15, 0.2) is 0 Å². The lowest BCUT2D eigenvalue weighted by Crippen LogP contribution is -2.61. The number of amides is 1. The lowest BCUT2D eigenvalue weighted by Gasteiger charge is -2.54. The van der Waals surface area contributed by atoms with Crippen LogP contribution >= 0.6 is 0 Å². The van der Waals surface area contributed by atoms with Gasteiger partial charge >= 0.3 is 0 Å². The highest BCUT2D eigenvalue weighted by molar-refractivity contribution is 5.98. The molecule has 1 aromatic carbocycles. The number of aromatic nitrogens is 2. The first kappa shape index (κ1) is 30.1. The monoisotopic (exact) mass is 595 g/mol. The Balaban J connectivity index is 1.47. The van der Waals surface area contributed by atoms with Gasteiger partial charge in [-0.05, 0) is 75.5 Å². The van der Waals surface area contributed by atoms with Crippen LogP contribution in [0.4, 0.5) is 5.82 Å². The zero-order valence-electron chi connectivity index (χ0n) is 26.3. The van der Waals surface area contributed by atoms with E-state index in [9.17, 15) is 4.79 Å². The number of hydrogen-bond donors (Lipinski definition) is 2. The van der Waals surface area contributed by atoms with Crippen LogP contribution in [0.2, 0.25) is 0 Å². The van der Waals surface area contributed by atoms with Crippen LogP contribution in [0.25, 0.3) is 17.0 Å². The van der Waals surface area contributed by atoms with Crippen molar-refractivity contribution in [2.24, 2.45) is 17.1 Å². The molecule has 3 N–H and O–H groups in total. The van der Waals surface area contributed by atoms with E-state index in [1.54, 1.807) is 7.11 Å². The summed E-state index contributed by atoms with van der Waals surface area (Å²) in [5.41, 5.74) is 10.7. The molecule has 2 atom stereocenters. The zero-order valence-corrected chi connectivity index (χ0v) is 26.3. The maximum absolute atomic E-state index is 12.1. The maximum atomic E-state index is 12.1. The minimum Gasteiger partial charge on any atom is -0.494 e. The Labute approximate surface area is 260 Å². The smallest absolute Gasteiger partial charge is 0.245 e. The van der Waals surface area contributed by atoms with Gasteiger partial charge in [0.25, 0.3) is 0 Å². The lowest BCUT2D eigenvalue weighted by atomic mass is 9.72. The third kappa shape index (κ3) is 5.11. The van der Waals surface area contributed by atoms with Gasteiger partial charge in [0, 0.05) is 71.9 Å². The number of fused-ring (bicyclic) bond motifs is 1. The van der Waals surface area contributed by atoms with Gasteiger partial charge in [-0.15, -0.1) is 0 Å². The Bertz CT molecular complexity index is 1550. The van der Waals surface area contributed by atoms with Crippen molar-refractivity contribution in [3.8, 4) is 5.75 Å². The van der Waals surface area contributed by atoms with Gasteiger partial charge in [-0.25, -0.2) is 9.97 Å². The van der Waals surface area contributed by atoms with E-state index in [1.807, 2.05) is 17.1 Å². The number of nitrogens with zero attached hydrogens (tertiary/aromatic N) is 5. The Morgan fingerprint density at radius 1 is 1.16 bits per heavy atom. The predicted octanol–water partition coefficient (Wildman–Crippen LogP) is 4.86. The molecular formula is C35H45N7O2. The highest BCUT2D eigenvalue weighted by Crippen LogP contribution is 2.48. The molecule has 4 heterocycles. The molecule has 3 saturated heterocycles. The largest absolute Gasteiger partial charge is 0.494 e. The Morgan fingerprint density at radius 3 is 2.48 bits per heavy atom. The highest BCUT2D eigenvalue weighted by Gasteiger charge is 2.46. The quantitative estimate of drug-likeness (QED) is 0.348. The minimum absolute atomic E-state index is 0.0213. The summed E-state index contributed by atoms with van der Waals surface area (Å²) in [6.45, 7) is 15.4. The summed E-state index contributed by atoms with van der Waals surface area (Å²) in [5.74, 6) is 2.77. The molecule has 2 aromatic rings. The third-order valence-electron chi connectivity index (χ3n) is 10.4. The van der Waals surface area contributed by atoms with Gasteiger partial charge in [0.05, 0.1) is 7.11 Å². The molecule has 9 nitrogen and oxygen atoms in total. The van der Waals surface area contributed by atoms with Crippen LogP contribution in [0.1, 0.15) is 61.4 Å². The molecule has 1 aliphatic carbocycles. The Kier molecular flexibility index (Phi) is 8.09. The number of nitrogens with two attached hydrogens (primary N) is 1. The van der Waals surface area contributed by atoms with Crippen LogP contribution in [0, 0.1) is 16.7 Å². The SMILES string of the molecule is C=CC(=O)N1CC2(CCN(c3nc(C4CCN(C)CC4)nc4c(OC)c(C5C(C=N)=C(N)C=CC5C)c(C=C)cc34)CC2)C1. The van der Waals surface area contributed by atoms with Crippen LogP contribution < -0.4 is 15.4 Å². The molecule has 3 fully saturated rings. The van der Waals surface area contributed by atoms with Crippen molar-refractivity contribution >= 4 is 34.9 Å². The molecule has 1 spiro atoms. The van der Waals surface area contributed by atoms with E-state index < -0.39 is 0 Å². The van der Waals surface area contributed by atoms with Crippen molar-refractivity contribution in [1.82, 2.24) is 19.8 Å². The molecule has 44 heavy (non-hydrogen) atoms. The van der Waals surface area contributed by atoms with E-state index in [2.05, 4.69) is 49.1 Å². The van der Waals surface area contributed by atoms with E-state index in [1.165, 1.54) is 12.3 Å². The molecule has 0 saturated carbocycles. The average molecular weight is 596 g/mol. The zero-order chi connectivity index (χ0) is 31.2. The van der Waals surface area contributed by atoms with Crippen LogP contribution in [0.5, 0.6) is 5.75 Å². The first-order valence-corrected chi connectivity index (χ1v) is 15.8. The molecule has 4 aliphatic rings. The van der Waals surface area contributed by atoms with E-state index in [0.717, 1.165) is 104 Å². The first-order valence-electron chi connectivity index (χ1n) is 15.8. The second-order valence-electron chi connectivity index (χ2n) is 13.1. The van der Waals surface area contributed by atoms with Gasteiger partial charge in [-0.2, -0.15) is 0 Å². The predicted molar refractivity (Wildman–Crippen MR) is 177 cm³/mol. The molecule has 6 rings (SSSR count). The molecule has 2 unspecified atom stereocenters. The lowest BCUT2D eigenvalue weighted by molar-refractivity contribution is -0.139. The number of carbonyl (C=O) groups excluding carboxylic acids is 1. The van der Waals surface area contributed by atoms with Crippen LogP contribution in [0.15, 0.2) is 48.7 Å². The number of anilines is 1. The van der Waals surface area contributed by atoms with Crippen molar-refractivity contribution in [1.29, 1.82) is 5.41 Å². The van der Waals surface area contributed by atoms with Gasteiger partial charge in [0.2, 0.25) is 5.91 Å². The molecule has 1 amide bonds. The summed E-state index contributed by atoms with van der Waals surface area (Å²) < 4.78 is 6.26. The molecule has 3 aliphatic heterocycles. The Hall–Kier alpha value is -3.98. The second-order valence-corrected chi connectivity index (χ2v) is 13.1. The number of allylic oxidation sites excluding steroid dienone is 3. The molecule has 232 valence electrons. The average Bonchev–Trinajstić information content (AvgIpc) is 3.03. The van der Waals surface area contributed by atoms with Gasteiger partial charge < -0.3 is 30.6 Å². The van der Waals surface area contributed by atoms with E-state index >= 15 is 0 Å². The number of hydrogen-bond acceptors (Lipinski definition) is 8. The van der Waals surface area contributed by atoms with E-state index in [0.29, 0.717) is 11.4 Å². The maximum Gasteiger partial charge on any atom is 0.245 e. The molecule has 0 radical (unpaired) electrons. The van der Waals surface area contributed by atoms with Crippen molar-refractivity contribution in [3.63, 3.8) is 0 Å². The summed E-state index contributed by atoms with van der Waals surface area (Å²) in [6, 6.07) is 2.16. The molecular weight excluding hydrogens is 550 g/mol. The number of carbonyl (C=O) groups is 1. The fraction of sp³-hybridized carbons (Fsp3) is 0.486. The fourth-order valence-corrected chi connectivity index (χ4v) is 7.73. The normalized spacial score (nSPS) is 24.0. The fourth-order valence-electron chi connectivity index (χ4n) is 7.73. The first-order chi connectivity index (χ1) is 21.2. The second kappa shape index (κ2) is 11.8. The van der Waals surface area contributed by atoms with Crippen LogP contribution in [-0.2, 0) is 4.79 Å². The standard InChI is InChI=1S/C35H45N7O2/c1-6-23-18-25-31(32(44-5)30(23)29-22(3)8-9-27(37)26(29)19-36)38-33(24-10-14-40(4)15-11-24)39-34(25)41-16-12-35(13-17-41)20-42(21-35)28(43)7-2/h6-9,18-19,22,24,29,36H,1-2,10-17,20-21,37H2,3-5H3. The number of likely N-dealkylation sites (tertiary alicyclic amines) is 2. The number of rotatable bonds is 7. The number of nitrogens with one attached hydrogen (secondary N) is 1. The van der Waals surface area contributed by atoms with Crippen molar-refractivity contribution in [2.45, 2.75) is 44.4 Å². The summed E-state index contributed by atoms with van der Waals surface area (Å²) in [5, 5.41) is 9.20. The van der Waals surface area contributed by atoms with Crippen LogP contribution in [0.3, 0.4) is 0 Å². The number of piperidine rings is 2. The Morgan fingerprint density at radius 2 is 1.86 bits per heavy atom. The van der Waals surface area contributed by atoms with E-state index in [4.69, 9.17) is 25.8 Å². The van der Waals surface area contributed by atoms with Crippen molar-refractivity contribution in [3.05, 3.63) is 65.7 Å². The van der Waals surface area contributed by atoms with E-state index in [-0.39, 0.29) is 29.1 Å². The van der Waals surface area contributed by atoms with Gasteiger partial charge in [-0.3, -0.25) is 4.79 Å². The number of benzene rings is 1. The van der Waals surface area contributed by atoms with Gasteiger partial charge in [-0.1, -0.05) is 32.2 Å². The number of ether oxygens (including phenoxy) is 1. The third-order valence-corrected chi connectivity index (χ3v) is 10.4. The van der Waals surface area contributed by atoms with Gasteiger partial charge in [0.1, 0.15) is 22.9 Å². The molecule has 9 heteroatoms. The van der Waals surface area contributed by atoms with Crippen LogP contribution in [-0.4, -0.2) is 85.3 Å². The van der Waals surface area contributed by atoms with Crippen molar-refractivity contribution in [2.75, 3.05) is 58.3 Å². The highest BCUT2D eigenvalue weighted by atomic mass is 16.5. The molecule has 1 aromatic heterocycles. The summed E-state index contributed by atoms with van der Waals surface area (Å²) in [7, 11) is 3.88. The number of methoxy groups -OCH3 is 1. The summed E-state index contributed by atoms with van der Waals surface area (Å²) in [4.78, 5) is 29.4.